The van der Waals surface area contributed by atoms with Crippen molar-refractivity contribution in [3.8, 4) is 5.75 Å². The zero-order valence-electron chi connectivity index (χ0n) is 9.86. The molecular formula is C11H13F2N3O3. The van der Waals surface area contributed by atoms with Crippen LogP contribution in [0.4, 0.5) is 14.5 Å². The highest BCUT2D eigenvalue weighted by Gasteiger charge is 2.12. The van der Waals surface area contributed by atoms with E-state index in [-0.39, 0.29) is 24.5 Å². The molecule has 19 heavy (non-hydrogen) atoms. The number of amides is 2. The fourth-order valence-corrected chi connectivity index (χ4v) is 1.17. The standard InChI is InChI=1S/C11H13F2N3O3/c12-11(13)19-8-3-1-7(2-4-8)16-10(18)9(17)15-6-5-14/h1-4,11H,5-6,14H2,(H,15,17)(H,16,18). The largest absolute Gasteiger partial charge is 0.435 e. The highest BCUT2D eigenvalue weighted by Crippen LogP contribution is 2.17. The molecule has 0 saturated heterocycles. The number of hydrogen-bond acceptors (Lipinski definition) is 4. The minimum absolute atomic E-state index is 0.0411. The molecule has 2 amide bonds. The Bertz CT molecular complexity index is 437. The number of alkyl halides is 2. The maximum Gasteiger partial charge on any atom is 0.387 e. The smallest absolute Gasteiger partial charge is 0.387 e. The van der Waals surface area contributed by atoms with Crippen molar-refractivity contribution in [1.82, 2.24) is 5.32 Å². The van der Waals surface area contributed by atoms with Gasteiger partial charge in [-0.25, -0.2) is 0 Å². The van der Waals surface area contributed by atoms with Crippen molar-refractivity contribution in [3.05, 3.63) is 24.3 Å². The van der Waals surface area contributed by atoms with Gasteiger partial charge in [0.2, 0.25) is 0 Å². The second kappa shape index (κ2) is 7.27. The van der Waals surface area contributed by atoms with Gasteiger partial charge < -0.3 is 21.1 Å². The molecule has 1 aromatic carbocycles. The molecule has 1 aromatic rings. The molecule has 8 heteroatoms. The van der Waals surface area contributed by atoms with Crippen LogP contribution in [0.15, 0.2) is 24.3 Å². The quantitative estimate of drug-likeness (QED) is 0.673. The second-order valence-electron chi connectivity index (χ2n) is 3.40. The van der Waals surface area contributed by atoms with Crippen LogP contribution in [0.25, 0.3) is 0 Å². The lowest BCUT2D eigenvalue weighted by atomic mass is 10.3. The molecule has 0 heterocycles. The van der Waals surface area contributed by atoms with Gasteiger partial charge in [-0.05, 0) is 24.3 Å². The van der Waals surface area contributed by atoms with Crippen LogP contribution in [-0.2, 0) is 9.59 Å². The molecule has 0 radical (unpaired) electrons. The summed E-state index contributed by atoms with van der Waals surface area (Å²) >= 11 is 0. The predicted octanol–water partition coefficient (Wildman–Crippen LogP) is 0.301. The first-order chi connectivity index (χ1) is 9.02. The molecule has 104 valence electrons. The molecule has 1 rings (SSSR count). The highest BCUT2D eigenvalue weighted by molar-refractivity contribution is 6.39. The van der Waals surface area contributed by atoms with Crippen molar-refractivity contribution >= 4 is 17.5 Å². The molecule has 0 fully saturated rings. The van der Waals surface area contributed by atoms with Gasteiger partial charge in [-0.2, -0.15) is 8.78 Å². The van der Waals surface area contributed by atoms with E-state index in [1.165, 1.54) is 24.3 Å². The molecule has 0 atom stereocenters. The zero-order chi connectivity index (χ0) is 14.3. The normalized spacial score (nSPS) is 10.1. The number of rotatable bonds is 5. The first-order valence-corrected chi connectivity index (χ1v) is 5.37. The van der Waals surface area contributed by atoms with Crippen LogP contribution in [0.2, 0.25) is 0 Å². The van der Waals surface area contributed by atoms with Gasteiger partial charge in [-0.15, -0.1) is 0 Å². The lowest BCUT2D eigenvalue weighted by molar-refractivity contribution is -0.136. The summed E-state index contributed by atoms with van der Waals surface area (Å²) in [5.74, 6) is -1.73. The fourth-order valence-electron chi connectivity index (χ4n) is 1.17. The van der Waals surface area contributed by atoms with Gasteiger partial charge in [0.25, 0.3) is 0 Å². The number of anilines is 1. The summed E-state index contributed by atoms with van der Waals surface area (Å²) in [6.07, 6.45) is 0. The average molecular weight is 273 g/mol. The summed E-state index contributed by atoms with van der Waals surface area (Å²) in [5, 5.41) is 4.59. The Labute approximate surface area is 107 Å². The molecule has 0 aliphatic carbocycles. The monoisotopic (exact) mass is 273 g/mol. The maximum atomic E-state index is 11.9. The molecule has 0 unspecified atom stereocenters. The van der Waals surface area contributed by atoms with E-state index in [1.54, 1.807) is 0 Å². The third kappa shape index (κ3) is 5.30. The Morgan fingerprint density at radius 1 is 1.21 bits per heavy atom. The number of carbonyl (C=O) groups excluding carboxylic acids is 2. The Morgan fingerprint density at radius 3 is 2.37 bits per heavy atom. The Kier molecular flexibility index (Phi) is 5.68. The van der Waals surface area contributed by atoms with Gasteiger partial charge in [0, 0.05) is 18.8 Å². The van der Waals surface area contributed by atoms with E-state index >= 15 is 0 Å². The Morgan fingerprint density at radius 2 is 1.84 bits per heavy atom. The van der Waals surface area contributed by atoms with Crippen molar-refractivity contribution in [1.29, 1.82) is 0 Å². The van der Waals surface area contributed by atoms with Crippen molar-refractivity contribution in [2.75, 3.05) is 18.4 Å². The number of ether oxygens (including phenoxy) is 1. The van der Waals surface area contributed by atoms with Crippen molar-refractivity contribution in [2.24, 2.45) is 5.73 Å². The molecule has 0 aliphatic heterocycles. The van der Waals surface area contributed by atoms with E-state index in [4.69, 9.17) is 5.73 Å². The summed E-state index contributed by atoms with van der Waals surface area (Å²) in [7, 11) is 0. The topological polar surface area (TPSA) is 93.5 Å². The fraction of sp³-hybridized carbons (Fsp3) is 0.273. The van der Waals surface area contributed by atoms with Crippen molar-refractivity contribution in [3.63, 3.8) is 0 Å². The first kappa shape index (κ1) is 14.8. The molecular weight excluding hydrogens is 260 g/mol. The highest BCUT2D eigenvalue weighted by atomic mass is 19.3. The van der Waals surface area contributed by atoms with Gasteiger partial charge in [0.15, 0.2) is 0 Å². The van der Waals surface area contributed by atoms with Crippen LogP contribution in [0.1, 0.15) is 0 Å². The molecule has 0 spiro atoms. The number of halogens is 2. The number of nitrogens with two attached hydrogens (primary N) is 1. The Balaban J connectivity index is 2.53. The summed E-state index contributed by atoms with van der Waals surface area (Å²) in [4.78, 5) is 22.6. The van der Waals surface area contributed by atoms with E-state index in [0.717, 1.165) is 0 Å². The summed E-state index contributed by atoms with van der Waals surface area (Å²) in [5.41, 5.74) is 5.45. The maximum absolute atomic E-state index is 11.9. The second-order valence-corrected chi connectivity index (χ2v) is 3.40. The van der Waals surface area contributed by atoms with Gasteiger partial charge in [0.05, 0.1) is 0 Å². The average Bonchev–Trinajstić information content (AvgIpc) is 2.37. The van der Waals surface area contributed by atoms with Gasteiger partial charge >= 0.3 is 18.4 Å². The minimum Gasteiger partial charge on any atom is -0.435 e. The van der Waals surface area contributed by atoms with Crippen molar-refractivity contribution < 1.29 is 23.1 Å². The molecule has 0 saturated carbocycles. The van der Waals surface area contributed by atoms with Gasteiger partial charge in [-0.1, -0.05) is 0 Å². The van der Waals surface area contributed by atoms with E-state index in [0.29, 0.717) is 0 Å². The van der Waals surface area contributed by atoms with E-state index in [9.17, 15) is 18.4 Å². The van der Waals surface area contributed by atoms with Crippen molar-refractivity contribution in [2.45, 2.75) is 6.61 Å². The van der Waals surface area contributed by atoms with E-state index in [1.807, 2.05) is 0 Å². The van der Waals surface area contributed by atoms with Gasteiger partial charge in [0.1, 0.15) is 5.75 Å². The minimum atomic E-state index is -2.91. The summed E-state index contributed by atoms with van der Waals surface area (Å²) < 4.78 is 27.9. The van der Waals surface area contributed by atoms with Crippen LogP contribution < -0.4 is 21.1 Å². The molecule has 0 aliphatic rings. The molecule has 4 N–H and O–H groups in total. The third-order valence-corrected chi connectivity index (χ3v) is 1.97. The number of hydrogen-bond donors (Lipinski definition) is 3. The van der Waals surface area contributed by atoms with Gasteiger partial charge in [-0.3, -0.25) is 9.59 Å². The zero-order valence-corrected chi connectivity index (χ0v) is 9.86. The summed E-state index contributed by atoms with van der Waals surface area (Å²) in [6, 6.07) is 5.18. The van der Waals surface area contributed by atoms with Crippen LogP contribution in [0, 0.1) is 0 Å². The number of benzene rings is 1. The molecule has 6 nitrogen and oxygen atoms in total. The molecule has 0 bridgehead atoms. The van der Waals surface area contributed by atoms with E-state index < -0.39 is 18.4 Å². The lowest BCUT2D eigenvalue weighted by Crippen LogP contribution is -2.37. The first-order valence-electron chi connectivity index (χ1n) is 5.37. The van der Waals surface area contributed by atoms with Crippen LogP contribution in [0.5, 0.6) is 5.75 Å². The third-order valence-electron chi connectivity index (χ3n) is 1.97. The lowest BCUT2D eigenvalue weighted by Gasteiger charge is -2.07. The van der Waals surface area contributed by atoms with Crippen LogP contribution in [-0.4, -0.2) is 31.5 Å². The van der Waals surface area contributed by atoms with Crippen LogP contribution in [0.3, 0.4) is 0 Å². The Hall–Kier alpha value is -2.22. The SMILES string of the molecule is NCCNC(=O)C(=O)Nc1ccc(OC(F)F)cc1. The summed E-state index contributed by atoms with van der Waals surface area (Å²) in [6.45, 7) is -2.51. The predicted molar refractivity (Wildman–Crippen MR) is 63.8 cm³/mol. The number of nitrogens with one attached hydrogen (secondary N) is 2. The van der Waals surface area contributed by atoms with E-state index in [2.05, 4.69) is 15.4 Å². The number of carbonyl (C=O) groups is 2. The van der Waals surface area contributed by atoms with Crippen LogP contribution >= 0.6 is 0 Å². The molecule has 0 aromatic heterocycles.